The number of carbonyl (C=O) groups excluding carboxylic acids is 1. The fourth-order valence-corrected chi connectivity index (χ4v) is 3.31. The standard InChI is InChI=1S/C19H16ClNO3/c1-11-13-4-2-3-5-17(13)24-18(11)19(22)21-15-8-9-23-16-7-6-12(20)10-14(15)16/h2-7,10,15H,8-9H2,1H3,(H,21,22). The number of furan rings is 1. The van der Waals surface area contributed by atoms with E-state index >= 15 is 0 Å². The van der Waals surface area contributed by atoms with Crippen molar-refractivity contribution in [2.45, 2.75) is 19.4 Å². The van der Waals surface area contributed by atoms with E-state index in [0.29, 0.717) is 23.8 Å². The number of para-hydroxylation sites is 1. The average Bonchev–Trinajstić information content (AvgIpc) is 2.93. The zero-order chi connectivity index (χ0) is 16.7. The van der Waals surface area contributed by atoms with Crippen LogP contribution < -0.4 is 10.1 Å². The van der Waals surface area contributed by atoms with Gasteiger partial charge in [-0.2, -0.15) is 0 Å². The van der Waals surface area contributed by atoms with Crippen molar-refractivity contribution in [2.24, 2.45) is 0 Å². The van der Waals surface area contributed by atoms with E-state index in [-0.39, 0.29) is 11.9 Å². The van der Waals surface area contributed by atoms with Gasteiger partial charge >= 0.3 is 0 Å². The molecule has 1 aliphatic heterocycles. The highest BCUT2D eigenvalue weighted by atomic mass is 35.5. The van der Waals surface area contributed by atoms with Crippen molar-refractivity contribution in [3.05, 3.63) is 64.4 Å². The first kappa shape index (κ1) is 15.1. The number of nitrogens with one attached hydrogen (secondary N) is 1. The minimum Gasteiger partial charge on any atom is -0.493 e. The third kappa shape index (κ3) is 2.53. The maximum absolute atomic E-state index is 12.7. The molecule has 4 rings (SSSR count). The highest BCUT2D eigenvalue weighted by molar-refractivity contribution is 6.30. The van der Waals surface area contributed by atoms with Crippen molar-refractivity contribution in [1.82, 2.24) is 5.32 Å². The Bertz CT molecular complexity index is 932. The average molecular weight is 342 g/mol. The molecule has 0 saturated heterocycles. The van der Waals surface area contributed by atoms with Gasteiger partial charge in [-0.15, -0.1) is 0 Å². The van der Waals surface area contributed by atoms with Crippen LogP contribution in [0.3, 0.4) is 0 Å². The number of hydrogen-bond donors (Lipinski definition) is 1. The summed E-state index contributed by atoms with van der Waals surface area (Å²) in [5, 5.41) is 4.63. The molecule has 3 aromatic rings. The largest absolute Gasteiger partial charge is 0.493 e. The second-order valence-corrected chi connectivity index (χ2v) is 6.33. The van der Waals surface area contributed by atoms with Gasteiger partial charge in [-0.1, -0.05) is 29.8 Å². The molecule has 5 heteroatoms. The zero-order valence-corrected chi connectivity index (χ0v) is 13.9. The molecule has 0 fully saturated rings. The van der Waals surface area contributed by atoms with Gasteiger partial charge in [-0.25, -0.2) is 0 Å². The molecule has 1 aromatic heterocycles. The maximum atomic E-state index is 12.7. The summed E-state index contributed by atoms with van der Waals surface area (Å²) in [5.74, 6) is 0.894. The summed E-state index contributed by atoms with van der Waals surface area (Å²) in [5.41, 5.74) is 2.47. The number of ether oxygens (including phenoxy) is 1. The molecular formula is C19H16ClNO3. The first-order valence-corrected chi connectivity index (χ1v) is 8.22. The highest BCUT2D eigenvalue weighted by Crippen LogP contribution is 2.34. The molecule has 0 saturated carbocycles. The Balaban J connectivity index is 1.65. The lowest BCUT2D eigenvalue weighted by Gasteiger charge is -2.26. The van der Waals surface area contributed by atoms with Crippen LogP contribution in [-0.4, -0.2) is 12.5 Å². The molecule has 0 radical (unpaired) electrons. The normalized spacial score (nSPS) is 16.5. The summed E-state index contributed by atoms with van der Waals surface area (Å²) in [6.07, 6.45) is 0.693. The Morgan fingerprint density at radius 2 is 2.08 bits per heavy atom. The van der Waals surface area contributed by atoms with Crippen LogP contribution in [0.1, 0.15) is 34.1 Å². The topological polar surface area (TPSA) is 51.5 Å². The molecule has 1 amide bonds. The van der Waals surface area contributed by atoms with E-state index in [1.165, 1.54) is 0 Å². The van der Waals surface area contributed by atoms with E-state index in [1.54, 1.807) is 6.07 Å². The minimum atomic E-state index is -0.221. The molecule has 2 aromatic carbocycles. The lowest BCUT2D eigenvalue weighted by atomic mass is 10.0. The number of amides is 1. The molecular weight excluding hydrogens is 326 g/mol. The number of aryl methyl sites for hydroxylation is 1. The van der Waals surface area contributed by atoms with Gasteiger partial charge in [0.15, 0.2) is 5.76 Å². The van der Waals surface area contributed by atoms with Crippen LogP contribution >= 0.6 is 11.6 Å². The van der Waals surface area contributed by atoms with Gasteiger partial charge in [-0.05, 0) is 31.2 Å². The van der Waals surface area contributed by atoms with Gasteiger partial charge in [-0.3, -0.25) is 4.79 Å². The SMILES string of the molecule is Cc1c(C(=O)NC2CCOc3ccc(Cl)cc32)oc2ccccc12. The molecule has 0 spiro atoms. The molecule has 0 aliphatic carbocycles. The van der Waals surface area contributed by atoms with E-state index in [2.05, 4.69) is 5.32 Å². The minimum absolute atomic E-state index is 0.146. The van der Waals surface area contributed by atoms with Crippen LogP contribution in [0.15, 0.2) is 46.9 Å². The van der Waals surface area contributed by atoms with Crippen LogP contribution in [0.25, 0.3) is 11.0 Å². The van der Waals surface area contributed by atoms with Crippen molar-refractivity contribution in [1.29, 1.82) is 0 Å². The summed E-state index contributed by atoms with van der Waals surface area (Å²) in [7, 11) is 0. The Morgan fingerprint density at radius 1 is 1.25 bits per heavy atom. The third-order valence-electron chi connectivity index (χ3n) is 4.37. The van der Waals surface area contributed by atoms with Crippen LogP contribution in [0.4, 0.5) is 0 Å². The van der Waals surface area contributed by atoms with Gasteiger partial charge in [0.2, 0.25) is 0 Å². The summed E-state index contributed by atoms with van der Waals surface area (Å²) in [4.78, 5) is 12.7. The van der Waals surface area contributed by atoms with Crippen LogP contribution in [0, 0.1) is 6.92 Å². The first-order chi connectivity index (χ1) is 11.6. The quantitative estimate of drug-likeness (QED) is 0.738. The molecule has 2 heterocycles. The molecule has 1 atom stereocenters. The summed E-state index contributed by atoms with van der Waals surface area (Å²) < 4.78 is 11.4. The Morgan fingerprint density at radius 3 is 2.92 bits per heavy atom. The molecule has 24 heavy (non-hydrogen) atoms. The van der Waals surface area contributed by atoms with E-state index < -0.39 is 0 Å². The molecule has 1 unspecified atom stereocenters. The second kappa shape index (κ2) is 5.87. The lowest BCUT2D eigenvalue weighted by molar-refractivity contribution is 0.0898. The fourth-order valence-electron chi connectivity index (χ4n) is 3.13. The number of rotatable bonds is 2. The predicted octanol–water partition coefficient (Wildman–Crippen LogP) is 4.65. The van der Waals surface area contributed by atoms with Crippen molar-refractivity contribution < 1.29 is 13.9 Å². The van der Waals surface area contributed by atoms with Gasteiger partial charge in [0, 0.05) is 28.0 Å². The maximum Gasteiger partial charge on any atom is 0.287 e. The second-order valence-electron chi connectivity index (χ2n) is 5.90. The Labute approximate surface area is 144 Å². The smallest absolute Gasteiger partial charge is 0.287 e. The number of benzene rings is 2. The molecule has 1 N–H and O–H groups in total. The number of fused-ring (bicyclic) bond motifs is 2. The van der Waals surface area contributed by atoms with Gasteiger partial charge in [0.25, 0.3) is 5.91 Å². The van der Waals surface area contributed by atoms with Crippen LogP contribution in [0.2, 0.25) is 5.02 Å². The third-order valence-corrected chi connectivity index (χ3v) is 4.60. The number of halogens is 1. The number of hydrogen-bond acceptors (Lipinski definition) is 3. The highest BCUT2D eigenvalue weighted by Gasteiger charge is 2.26. The van der Waals surface area contributed by atoms with Gasteiger partial charge < -0.3 is 14.5 Å². The van der Waals surface area contributed by atoms with E-state index in [4.69, 9.17) is 20.8 Å². The van der Waals surface area contributed by atoms with Crippen LogP contribution in [-0.2, 0) is 0 Å². The zero-order valence-electron chi connectivity index (χ0n) is 13.1. The molecule has 4 nitrogen and oxygen atoms in total. The van der Waals surface area contributed by atoms with E-state index in [0.717, 1.165) is 27.8 Å². The van der Waals surface area contributed by atoms with E-state index in [1.807, 2.05) is 43.3 Å². The van der Waals surface area contributed by atoms with Gasteiger partial charge in [0.1, 0.15) is 11.3 Å². The van der Waals surface area contributed by atoms with Crippen molar-refractivity contribution in [3.63, 3.8) is 0 Å². The summed E-state index contributed by atoms with van der Waals surface area (Å²) in [6, 6.07) is 13.0. The lowest BCUT2D eigenvalue weighted by Crippen LogP contribution is -2.32. The van der Waals surface area contributed by atoms with Crippen molar-refractivity contribution in [2.75, 3.05) is 6.61 Å². The monoisotopic (exact) mass is 341 g/mol. The first-order valence-electron chi connectivity index (χ1n) is 7.85. The Kier molecular flexibility index (Phi) is 3.69. The van der Waals surface area contributed by atoms with Crippen molar-refractivity contribution in [3.8, 4) is 5.75 Å². The number of carbonyl (C=O) groups is 1. The fraction of sp³-hybridized carbons (Fsp3) is 0.211. The molecule has 0 bridgehead atoms. The predicted molar refractivity (Wildman–Crippen MR) is 92.7 cm³/mol. The Hall–Kier alpha value is -2.46. The van der Waals surface area contributed by atoms with E-state index in [9.17, 15) is 4.79 Å². The molecule has 122 valence electrons. The summed E-state index contributed by atoms with van der Waals surface area (Å²) in [6.45, 7) is 2.45. The summed E-state index contributed by atoms with van der Waals surface area (Å²) >= 11 is 6.09. The van der Waals surface area contributed by atoms with Crippen LogP contribution in [0.5, 0.6) is 5.75 Å². The van der Waals surface area contributed by atoms with Crippen molar-refractivity contribution >= 4 is 28.5 Å². The molecule has 1 aliphatic rings. The van der Waals surface area contributed by atoms with Gasteiger partial charge in [0.05, 0.1) is 12.6 Å².